The van der Waals surface area contributed by atoms with Gasteiger partial charge in [-0.3, -0.25) is 19.7 Å². The standard InChI is InChI=1S/C18H24N4O3/c1-11(19)8-21(2)9-12-4-3-5-13-10-22(18(25)16(12)13)14-6-7-15(23)20-17(14)24/h3-5,11,14H,6-10,19H2,1-2H3,(H,20,23,24)/t11-,14?/m1/s1. The molecule has 3 amide bonds. The third-order valence-electron chi connectivity index (χ3n) is 4.68. The third-order valence-corrected chi connectivity index (χ3v) is 4.68. The smallest absolute Gasteiger partial charge is 0.255 e. The molecule has 3 rings (SSSR count). The van der Waals surface area contributed by atoms with Gasteiger partial charge >= 0.3 is 0 Å². The summed E-state index contributed by atoms with van der Waals surface area (Å²) in [7, 11) is 1.97. The zero-order chi connectivity index (χ0) is 18.1. The molecule has 1 aromatic rings. The van der Waals surface area contributed by atoms with Crippen LogP contribution in [-0.2, 0) is 22.7 Å². The first-order valence-electron chi connectivity index (χ1n) is 8.56. The molecular formula is C18H24N4O3. The van der Waals surface area contributed by atoms with Crippen LogP contribution in [0.3, 0.4) is 0 Å². The number of rotatable bonds is 5. The van der Waals surface area contributed by atoms with Gasteiger partial charge in [-0.2, -0.15) is 0 Å². The van der Waals surface area contributed by atoms with E-state index in [1.165, 1.54) is 0 Å². The first-order valence-corrected chi connectivity index (χ1v) is 8.56. The van der Waals surface area contributed by atoms with Crippen LogP contribution in [0.5, 0.6) is 0 Å². The summed E-state index contributed by atoms with van der Waals surface area (Å²) in [6.07, 6.45) is 0.644. The molecule has 1 unspecified atom stereocenters. The Hall–Kier alpha value is -2.25. The van der Waals surface area contributed by atoms with Crippen LogP contribution in [0.1, 0.15) is 41.3 Å². The predicted molar refractivity (Wildman–Crippen MR) is 92.5 cm³/mol. The Morgan fingerprint density at radius 2 is 2.12 bits per heavy atom. The summed E-state index contributed by atoms with van der Waals surface area (Å²) in [5.74, 6) is -0.786. The predicted octanol–water partition coefficient (Wildman–Crippen LogP) is 0.227. The molecular weight excluding hydrogens is 320 g/mol. The van der Waals surface area contributed by atoms with Crippen molar-refractivity contribution in [3.05, 3.63) is 34.9 Å². The maximum absolute atomic E-state index is 13.0. The average molecular weight is 344 g/mol. The molecule has 7 nitrogen and oxygen atoms in total. The summed E-state index contributed by atoms with van der Waals surface area (Å²) in [5.41, 5.74) is 8.41. The number of piperidine rings is 1. The number of benzene rings is 1. The van der Waals surface area contributed by atoms with Crippen molar-refractivity contribution in [2.45, 2.75) is 44.9 Å². The average Bonchev–Trinajstić information content (AvgIpc) is 2.84. The van der Waals surface area contributed by atoms with Crippen LogP contribution < -0.4 is 11.1 Å². The van der Waals surface area contributed by atoms with E-state index in [-0.39, 0.29) is 30.2 Å². The minimum Gasteiger partial charge on any atom is -0.327 e. The molecule has 3 N–H and O–H groups in total. The summed E-state index contributed by atoms with van der Waals surface area (Å²) < 4.78 is 0. The number of amides is 3. The quantitative estimate of drug-likeness (QED) is 0.746. The van der Waals surface area contributed by atoms with Crippen molar-refractivity contribution in [1.29, 1.82) is 0 Å². The number of hydrogen-bond acceptors (Lipinski definition) is 5. The van der Waals surface area contributed by atoms with Crippen LogP contribution in [0.4, 0.5) is 0 Å². The molecule has 0 aromatic heterocycles. The van der Waals surface area contributed by atoms with Crippen molar-refractivity contribution in [3.63, 3.8) is 0 Å². The van der Waals surface area contributed by atoms with Crippen LogP contribution in [0, 0.1) is 0 Å². The zero-order valence-corrected chi connectivity index (χ0v) is 14.6. The van der Waals surface area contributed by atoms with Gasteiger partial charge in [-0.1, -0.05) is 18.2 Å². The minimum atomic E-state index is -0.577. The number of nitrogens with zero attached hydrogens (tertiary/aromatic N) is 2. The number of carbonyl (C=O) groups is 3. The van der Waals surface area contributed by atoms with E-state index in [4.69, 9.17) is 5.73 Å². The molecule has 1 saturated heterocycles. The van der Waals surface area contributed by atoms with E-state index in [1.54, 1.807) is 4.90 Å². The van der Waals surface area contributed by atoms with E-state index >= 15 is 0 Å². The van der Waals surface area contributed by atoms with Crippen LogP contribution in [0.25, 0.3) is 0 Å². The molecule has 1 aromatic carbocycles. The Morgan fingerprint density at radius 3 is 2.80 bits per heavy atom. The highest BCUT2D eigenvalue weighted by molar-refractivity contribution is 6.05. The van der Waals surface area contributed by atoms with Gasteiger partial charge in [-0.15, -0.1) is 0 Å². The summed E-state index contributed by atoms with van der Waals surface area (Å²) in [5, 5.41) is 2.33. The summed E-state index contributed by atoms with van der Waals surface area (Å²) in [4.78, 5) is 40.1. The molecule has 2 aliphatic heterocycles. The highest BCUT2D eigenvalue weighted by Crippen LogP contribution is 2.30. The molecule has 0 spiro atoms. The van der Waals surface area contributed by atoms with Crippen LogP contribution in [0.2, 0.25) is 0 Å². The number of fused-ring (bicyclic) bond motifs is 1. The van der Waals surface area contributed by atoms with E-state index in [0.29, 0.717) is 25.1 Å². The molecule has 7 heteroatoms. The fourth-order valence-electron chi connectivity index (χ4n) is 3.67. The zero-order valence-electron chi connectivity index (χ0n) is 14.6. The third kappa shape index (κ3) is 3.57. The van der Waals surface area contributed by atoms with E-state index in [9.17, 15) is 14.4 Å². The van der Waals surface area contributed by atoms with Gasteiger partial charge in [0.15, 0.2) is 0 Å². The summed E-state index contributed by atoms with van der Waals surface area (Å²) >= 11 is 0. The SMILES string of the molecule is C[C@@H](N)CN(C)Cc1cccc2c1C(=O)N(C1CCC(=O)NC1=O)C2. The Kier molecular flexibility index (Phi) is 4.87. The highest BCUT2D eigenvalue weighted by atomic mass is 16.2. The Balaban J connectivity index is 1.81. The van der Waals surface area contributed by atoms with Crippen LogP contribution in [0.15, 0.2) is 18.2 Å². The van der Waals surface area contributed by atoms with Gasteiger partial charge in [0.1, 0.15) is 6.04 Å². The monoisotopic (exact) mass is 344 g/mol. The first-order chi connectivity index (χ1) is 11.9. The largest absolute Gasteiger partial charge is 0.327 e. The van der Waals surface area contributed by atoms with Crippen molar-refractivity contribution in [3.8, 4) is 0 Å². The Bertz CT molecular complexity index is 716. The van der Waals surface area contributed by atoms with Crippen LogP contribution in [-0.4, -0.2) is 53.2 Å². The van der Waals surface area contributed by atoms with Gasteiger partial charge < -0.3 is 15.5 Å². The van der Waals surface area contributed by atoms with Crippen molar-refractivity contribution < 1.29 is 14.4 Å². The van der Waals surface area contributed by atoms with Crippen molar-refractivity contribution >= 4 is 17.7 Å². The molecule has 134 valence electrons. The molecule has 2 aliphatic rings. The number of nitrogens with one attached hydrogen (secondary N) is 1. The molecule has 2 heterocycles. The summed E-state index contributed by atoms with van der Waals surface area (Å²) in [6, 6.07) is 5.29. The molecule has 0 aliphatic carbocycles. The second-order valence-corrected chi connectivity index (χ2v) is 7.03. The maximum Gasteiger partial charge on any atom is 0.255 e. The number of likely N-dealkylation sites (N-methyl/N-ethyl adjacent to an activating group) is 1. The van der Waals surface area contributed by atoms with E-state index in [0.717, 1.165) is 17.7 Å². The van der Waals surface area contributed by atoms with Crippen molar-refractivity contribution in [2.24, 2.45) is 5.73 Å². The molecule has 2 atom stereocenters. The molecule has 0 saturated carbocycles. The molecule has 0 bridgehead atoms. The number of imide groups is 1. The van der Waals surface area contributed by atoms with Gasteiger partial charge in [0.2, 0.25) is 11.8 Å². The summed E-state index contributed by atoms with van der Waals surface area (Å²) in [6.45, 7) is 3.71. The second kappa shape index (κ2) is 6.93. The number of nitrogens with two attached hydrogens (primary N) is 1. The van der Waals surface area contributed by atoms with Crippen LogP contribution >= 0.6 is 0 Å². The molecule has 0 radical (unpaired) electrons. The lowest BCUT2D eigenvalue weighted by molar-refractivity contribution is -0.136. The highest BCUT2D eigenvalue weighted by Gasteiger charge is 2.39. The number of carbonyl (C=O) groups excluding carboxylic acids is 3. The van der Waals surface area contributed by atoms with E-state index in [1.807, 2.05) is 32.2 Å². The maximum atomic E-state index is 13.0. The van der Waals surface area contributed by atoms with Gasteiger partial charge in [0, 0.05) is 37.7 Å². The lowest BCUT2D eigenvalue weighted by atomic mass is 10.0. The minimum absolute atomic E-state index is 0.0532. The lowest BCUT2D eigenvalue weighted by Gasteiger charge is -2.29. The van der Waals surface area contributed by atoms with Gasteiger partial charge in [0.05, 0.1) is 0 Å². The fraction of sp³-hybridized carbons (Fsp3) is 0.500. The normalized spacial score (nSPS) is 21.5. The molecule has 1 fully saturated rings. The van der Waals surface area contributed by atoms with Gasteiger partial charge in [-0.25, -0.2) is 0 Å². The van der Waals surface area contributed by atoms with Gasteiger partial charge in [-0.05, 0) is 31.5 Å². The van der Waals surface area contributed by atoms with E-state index in [2.05, 4.69) is 10.2 Å². The van der Waals surface area contributed by atoms with E-state index < -0.39 is 6.04 Å². The number of hydrogen-bond donors (Lipinski definition) is 2. The van der Waals surface area contributed by atoms with Crippen molar-refractivity contribution in [1.82, 2.24) is 15.1 Å². The Labute approximate surface area is 147 Å². The second-order valence-electron chi connectivity index (χ2n) is 7.03. The fourth-order valence-corrected chi connectivity index (χ4v) is 3.67. The topological polar surface area (TPSA) is 95.7 Å². The lowest BCUT2D eigenvalue weighted by Crippen LogP contribution is -2.52. The molecule has 25 heavy (non-hydrogen) atoms. The van der Waals surface area contributed by atoms with Gasteiger partial charge in [0.25, 0.3) is 5.91 Å². The Morgan fingerprint density at radius 1 is 1.36 bits per heavy atom. The first kappa shape index (κ1) is 17.6. The van der Waals surface area contributed by atoms with Crippen molar-refractivity contribution in [2.75, 3.05) is 13.6 Å².